The number of likely N-dealkylation sites (N-methyl/N-ethyl adjacent to an activating group) is 1. The van der Waals surface area contributed by atoms with E-state index in [1.54, 1.807) is 0 Å². The van der Waals surface area contributed by atoms with E-state index in [-0.39, 0.29) is 30.6 Å². The van der Waals surface area contributed by atoms with Crippen LogP contribution in [0.25, 0.3) is 0 Å². The molecule has 3 N–H and O–H groups in total. The third-order valence-corrected chi connectivity index (χ3v) is 5.51. The van der Waals surface area contributed by atoms with Crippen molar-refractivity contribution in [3.8, 4) is 0 Å². The number of halogens is 1. The van der Waals surface area contributed by atoms with Crippen LogP contribution in [0, 0.1) is 5.92 Å². The van der Waals surface area contributed by atoms with E-state index in [1.165, 1.54) is 5.56 Å². The van der Waals surface area contributed by atoms with Gasteiger partial charge in [0.2, 0.25) is 0 Å². The second kappa shape index (κ2) is 15.6. The largest absolute Gasteiger partial charge is 0.396 e. The van der Waals surface area contributed by atoms with Crippen molar-refractivity contribution in [2.75, 3.05) is 57.3 Å². The van der Waals surface area contributed by atoms with Gasteiger partial charge < -0.3 is 25.5 Å². The normalized spacial score (nSPS) is 16.1. The van der Waals surface area contributed by atoms with E-state index < -0.39 is 0 Å². The van der Waals surface area contributed by atoms with Gasteiger partial charge in [-0.15, -0.1) is 24.0 Å². The van der Waals surface area contributed by atoms with Crippen LogP contribution in [0.1, 0.15) is 45.6 Å². The molecule has 1 aliphatic heterocycles. The molecule has 0 amide bonds. The van der Waals surface area contributed by atoms with Crippen LogP contribution in [0.15, 0.2) is 23.3 Å². The number of aliphatic hydroxyl groups is 1. The smallest absolute Gasteiger partial charge is 0.191 e. The molecule has 1 saturated heterocycles. The fourth-order valence-corrected chi connectivity index (χ4v) is 3.72. The van der Waals surface area contributed by atoms with Gasteiger partial charge in [-0.3, -0.25) is 0 Å². The lowest BCUT2D eigenvalue weighted by molar-refractivity contribution is 0.251. The first kappa shape index (κ1) is 26.9. The Morgan fingerprint density at radius 3 is 2.57 bits per heavy atom. The third kappa shape index (κ3) is 9.34. The minimum absolute atomic E-state index is 0. The van der Waals surface area contributed by atoms with Gasteiger partial charge in [-0.05, 0) is 49.9 Å². The summed E-state index contributed by atoms with van der Waals surface area (Å²) in [5.74, 6) is 2.36. The van der Waals surface area contributed by atoms with Crippen molar-refractivity contribution in [3.05, 3.63) is 23.9 Å². The Hall–Kier alpha value is -1.13. The van der Waals surface area contributed by atoms with Crippen LogP contribution < -0.4 is 15.5 Å². The highest BCUT2D eigenvalue weighted by Crippen LogP contribution is 2.16. The zero-order chi connectivity index (χ0) is 20.9. The molecule has 2 heterocycles. The lowest BCUT2D eigenvalue weighted by atomic mass is 10.0. The SMILES string of the molecule is CCCC(CCO)CNC(=NCc1ccnc(N2CCN(CC)CC2)c1)NCC.I. The van der Waals surface area contributed by atoms with E-state index in [9.17, 15) is 5.11 Å². The summed E-state index contributed by atoms with van der Waals surface area (Å²) < 4.78 is 0. The molecule has 172 valence electrons. The predicted molar refractivity (Wildman–Crippen MR) is 137 cm³/mol. The van der Waals surface area contributed by atoms with Gasteiger partial charge in [0.05, 0.1) is 6.54 Å². The van der Waals surface area contributed by atoms with Crippen LogP contribution in [-0.4, -0.2) is 73.4 Å². The molecular formula is C22H41IN6O. The van der Waals surface area contributed by atoms with Gasteiger partial charge in [0, 0.05) is 52.1 Å². The first-order valence-corrected chi connectivity index (χ1v) is 11.2. The molecule has 1 atom stereocenters. The number of nitrogens with zero attached hydrogens (tertiary/aromatic N) is 4. The van der Waals surface area contributed by atoms with Crippen LogP contribution in [0.2, 0.25) is 0 Å². The first-order chi connectivity index (χ1) is 14.2. The molecule has 30 heavy (non-hydrogen) atoms. The van der Waals surface area contributed by atoms with Gasteiger partial charge in [-0.1, -0.05) is 20.3 Å². The third-order valence-electron chi connectivity index (χ3n) is 5.51. The Balaban J connectivity index is 0.00000450. The summed E-state index contributed by atoms with van der Waals surface area (Å²) in [6, 6.07) is 4.21. The van der Waals surface area contributed by atoms with E-state index in [0.29, 0.717) is 12.5 Å². The molecule has 1 aromatic heterocycles. The second-order valence-corrected chi connectivity index (χ2v) is 7.69. The highest BCUT2D eigenvalue weighted by molar-refractivity contribution is 14.0. The van der Waals surface area contributed by atoms with Gasteiger partial charge in [0.15, 0.2) is 5.96 Å². The minimum Gasteiger partial charge on any atom is -0.396 e. The van der Waals surface area contributed by atoms with Crippen LogP contribution in [-0.2, 0) is 6.54 Å². The molecule has 1 aliphatic rings. The maximum atomic E-state index is 9.26. The number of aromatic nitrogens is 1. The maximum absolute atomic E-state index is 9.26. The highest BCUT2D eigenvalue weighted by Gasteiger charge is 2.16. The summed E-state index contributed by atoms with van der Waals surface area (Å²) in [6.07, 6.45) is 4.98. The zero-order valence-electron chi connectivity index (χ0n) is 18.9. The van der Waals surface area contributed by atoms with E-state index >= 15 is 0 Å². The number of aliphatic hydroxyl groups excluding tert-OH is 1. The van der Waals surface area contributed by atoms with Gasteiger partial charge >= 0.3 is 0 Å². The number of aliphatic imine (C=N–C) groups is 1. The molecule has 0 aliphatic carbocycles. The fraction of sp³-hybridized carbons (Fsp3) is 0.727. The number of pyridine rings is 1. The van der Waals surface area contributed by atoms with Crippen molar-refractivity contribution in [1.82, 2.24) is 20.5 Å². The maximum Gasteiger partial charge on any atom is 0.191 e. The Bertz CT molecular complexity index is 601. The Labute approximate surface area is 199 Å². The molecule has 1 fully saturated rings. The number of rotatable bonds is 11. The summed E-state index contributed by atoms with van der Waals surface area (Å²) in [5.41, 5.74) is 1.17. The van der Waals surface area contributed by atoms with Crippen LogP contribution in [0.3, 0.4) is 0 Å². The van der Waals surface area contributed by atoms with Crippen LogP contribution in [0.4, 0.5) is 5.82 Å². The number of hydrogen-bond donors (Lipinski definition) is 3. The van der Waals surface area contributed by atoms with Gasteiger partial charge in [-0.25, -0.2) is 9.98 Å². The van der Waals surface area contributed by atoms with E-state index in [1.807, 2.05) is 12.3 Å². The fourth-order valence-electron chi connectivity index (χ4n) is 3.72. The summed E-state index contributed by atoms with van der Waals surface area (Å²) >= 11 is 0. The number of anilines is 1. The molecule has 0 bridgehead atoms. The summed E-state index contributed by atoms with van der Waals surface area (Å²) in [7, 11) is 0. The zero-order valence-corrected chi connectivity index (χ0v) is 21.3. The summed E-state index contributed by atoms with van der Waals surface area (Å²) in [6.45, 7) is 14.4. The Morgan fingerprint density at radius 2 is 1.93 bits per heavy atom. The summed E-state index contributed by atoms with van der Waals surface area (Å²) in [5, 5.41) is 16.0. The number of nitrogens with one attached hydrogen (secondary N) is 2. The molecule has 8 heteroatoms. The van der Waals surface area contributed by atoms with Crippen molar-refractivity contribution in [2.24, 2.45) is 10.9 Å². The first-order valence-electron chi connectivity index (χ1n) is 11.2. The molecular weight excluding hydrogens is 491 g/mol. The molecule has 0 saturated carbocycles. The predicted octanol–water partition coefficient (Wildman–Crippen LogP) is 2.70. The van der Waals surface area contributed by atoms with Crippen molar-refractivity contribution in [1.29, 1.82) is 0 Å². The average molecular weight is 533 g/mol. The van der Waals surface area contributed by atoms with E-state index in [0.717, 1.165) is 76.9 Å². The highest BCUT2D eigenvalue weighted by atomic mass is 127. The van der Waals surface area contributed by atoms with Gasteiger partial charge in [-0.2, -0.15) is 0 Å². The molecule has 1 aromatic rings. The van der Waals surface area contributed by atoms with Gasteiger partial charge in [0.25, 0.3) is 0 Å². The lowest BCUT2D eigenvalue weighted by Gasteiger charge is -2.34. The number of piperazine rings is 1. The van der Waals surface area contributed by atoms with Crippen molar-refractivity contribution < 1.29 is 5.11 Å². The van der Waals surface area contributed by atoms with E-state index in [4.69, 9.17) is 4.99 Å². The number of hydrogen-bond acceptors (Lipinski definition) is 5. The average Bonchev–Trinajstić information content (AvgIpc) is 2.76. The van der Waals surface area contributed by atoms with Gasteiger partial charge in [0.1, 0.15) is 5.82 Å². The van der Waals surface area contributed by atoms with E-state index in [2.05, 4.69) is 52.3 Å². The van der Waals surface area contributed by atoms with Crippen LogP contribution in [0.5, 0.6) is 0 Å². The molecule has 2 rings (SSSR count). The Morgan fingerprint density at radius 1 is 1.17 bits per heavy atom. The standard InChI is InChI=1S/C22H40N6O.HI/c1-4-7-19(9-15-29)17-25-22(23-5-2)26-18-20-8-10-24-21(16-20)28-13-11-27(6-3)12-14-28;/h8,10,16,19,29H,4-7,9,11-15,17-18H2,1-3H3,(H2,23,25,26);1H. The molecule has 0 aromatic carbocycles. The topological polar surface area (TPSA) is 76.0 Å². The van der Waals surface area contributed by atoms with Crippen molar-refractivity contribution in [2.45, 2.75) is 46.6 Å². The Kier molecular flexibility index (Phi) is 14.0. The van der Waals surface area contributed by atoms with Crippen molar-refractivity contribution >= 4 is 35.8 Å². The summed E-state index contributed by atoms with van der Waals surface area (Å²) in [4.78, 5) is 14.2. The molecule has 1 unspecified atom stereocenters. The monoisotopic (exact) mass is 532 g/mol. The lowest BCUT2D eigenvalue weighted by Crippen LogP contribution is -2.46. The molecule has 0 radical (unpaired) electrons. The van der Waals surface area contributed by atoms with Crippen molar-refractivity contribution in [3.63, 3.8) is 0 Å². The molecule has 7 nitrogen and oxygen atoms in total. The van der Waals surface area contributed by atoms with Crippen LogP contribution >= 0.6 is 24.0 Å². The number of guanidine groups is 1. The molecule has 0 spiro atoms. The quantitative estimate of drug-likeness (QED) is 0.231. The second-order valence-electron chi connectivity index (χ2n) is 7.69. The minimum atomic E-state index is 0.